The maximum Gasteiger partial charge on any atom is 0.472 e. The van der Waals surface area contributed by atoms with Crippen LogP contribution >= 0.6 is 15.6 Å². The van der Waals surface area contributed by atoms with E-state index in [1.165, 1.54) is 225 Å². The topological polar surface area (TPSA) is 237 Å². The molecule has 0 fully saturated rings. The molecule has 0 aromatic carbocycles. The number of carbonyl (C=O) groups is 4. The van der Waals surface area contributed by atoms with Gasteiger partial charge in [-0.05, 0) is 37.5 Å². The first kappa shape index (κ1) is 96.1. The van der Waals surface area contributed by atoms with Gasteiger partial charge in [-0.25, -0.2) is 9.13 Å². The minimum absolute atomic E-state index is 0.107. The number of aliphatic hydroxyl groups excluding tert-OH is 1. The summed E-state index contributed by atoms with van der Waals surface area (Å²) in [5, 5.41) is 10.6. The molecule has 0 aliphatic carbocycles. The van der Waals surface area contributed by atoms with Crippen LogP contribution in [0.5, 0.6) is 0 Å². The number of rotatable bonds is 78. The Morgan fingerprint density at radius 2 is 0.490 bits per heavy atom. The molecule has 0 aromatic rings. The van der Waals surface area contributed by atoms with E-state index >= 15 is 0 Å². The second-order valence-corrected chi connectivity index (χ2v) is 31.8. The van der Waals surface area contributed by atoms with Crippen molar-refractivity contribution in [3.63, 3.8) is 0 Å². The third-order valence-corrected chi connectivity index (χ3v) is 21.1. The molecule has 0 saturated heterocycles. The molecule has 0 aliphatic rings. The zero-order valence-electron chi connectivity index (χ0n) is 64.1. The van der Waals surface area contributed by atoms with Crippen molar-refractivity contribution in [3.05, 3.63) is 0 Å². The molecular weight excluding hydrogens is 1280 g/mol. The second-order valence-electron chi connectivity index (χ2n) is 28.9. The Labute approximate surface area is 600 Å². The predicted octanol–water partition coefficient (Wildman–Crippen LogP) is 23.5. The second kappa shape index (κ2) is 70.7. The third kappa shape index (κ3) is 69.8. The molecule has 0 saturated carbocycles. The van der Waals surface area contributed by atoms with E-state index in [4.69, 9.17) is 37.0 Å². The summed E-state index contributed by atoms with van der Waals surface area (Å²) in [7, 11) is -9.92. The molecule has 98 heavy (non-hydrogen) atoms. The summed E-state index contributed by atoms with van der Waals surface area (Å²) in [4.78, 5) is 72.9. The number of phosphoric acid groups is 2. The number of ether oxygens (including phenoxy) is 4. The van der Waals surface area contributed by atoms with Crippen LogP contribution in [-0.4, -0.2) is 96.7 Å². The molecule has 582 valence electrons. The highest BCUT2D eigenvalue weighted by atomic mass is 31.2. The lowest BCUT2D eigenvalue weighted by Crippen LogP contribution is -2.30. The first-order chi connectivity index (χ1) is 47.4. The number of hydrogen-bond donors (Lipinski definition) is 3. The van der Waals surface area contributed by atoms with Crippen LogP contribution in [0.15, 0.2) is 0 Å². The number of hydrogen-bond acceptors (Lipinski definition) is 15. The Hall–Kier alpha value is -1.94. The molecule has 4 unspecified atom stereocenters. The fraction of sp³-hybridized carbons (Fsp3) is 0.949. The van der Waals surface area contributed by atoms with Gasteiger partial charge in [-0.15, -0.1) is 0 Å². The Morgan fingerprint density at radius 1 is 0.286 bits per heavy atom. The lowest BCUT2D eigenvalue weighted by Gasteiger charge is -2.21. The maximum absolute atomic E-state index is 13.1. The van der Waals surface area contributed by atoms with E-state index < -0.39 is 97.5 Å². The van der Waals surface area contributed by atoms with Crippen molar-refractivity contribution in [1.29, 1.82) is 0 Å². The van der Waals surface area contributed by atoms with Crippen molar-refractivity contribution >= 4 is 39.5 Å². The predicted molar refractivity (Wildman–Crippen MR) is 400 cm³/mol. The van der Waals surface area contributed by atoms with E-state index in [0.29, 0.717) is 25.7 Å². The summed E-state index contributed by atoms with van der Waals surface area (Å²) >= 11 is 0. The van der Waals surface area contributed by atoms with Gasteiger partial charge in [-0.3, -0.25) is 37.3 Å². The molecule has 0 spiro atoms. The highest BCUT2D eigenvalue weighted by Crippen LogP contribution is 2.45. The van der Waals surface area contributed by atoms with E-state index in [2.05, 4.69) is 41.5 Å². The van der Waals surface area contributed by atoms with Gasteiger partial charge in [-0.2, -0.15) is 0 Å². The Bertz CT molecular complexity index is 1890. The summed E-state index contributed by atoms with van der Waals surface area (Å²) in [5.74, 6) is -0.534. The molecule has 0 aliphatic heterocycles. The van der Waals surface area contributed by atoms with Crippen LogP contribution in [0.1, 0.15) is 414 Å². The number of unbranched alkanes of at least 4 members (excludes halogenated alkanes) is 46. The molecule has 0 bridgehead atoms. The summed E-state index contributed by atoms with van der Waals surface area (Å²) in [5.41, 5.74) is 0. The van der Waals surface area contributed by atoms with Gasteiger partial charge in [0.15, 0.2) is 12.2 Å². The van der Waals surface area contributed by atoms with E-state index in [-0.39, 0.29) is 25.7 Å². The van der Waals surface area contributed by atoms with Gasteiger partial charge in [0, 0.05) is 25.7 Å². The van der Waals surface area contributed by atoms with E-state index in [1.54, 1.807) is 0 Å². The van der Waals surface area contributed by atoms with Gasteiger partial charge in [0.2, 0.25) is 0 Å². The van der Waals surface area contributed by atoms with Crippen molar-refractivity contribution in [3.8, 4) is 0 Å². The van der Waals surface area contributed by atoms with E-state index in [9.17, 15) is 43.2 Å². The molecule has 0 amide bonds. The Morgan fingerprint density at radius 3 is 0.724 bits per heavy atom. The van der Waals surface area contributed by atoms with Gasteiger partial charge in [0.05, 0.1) is 26.4 Å². The highest BCUT2D eigenvalue weighted by Gasteiger charge is 2.30. The minimum atomic E-state index is -4.96. The van der Waals surface area contributed by atoms with Crippen LogP contribution in [0.2, 0.25) is 0 Å². The first-order valence-electron chi connectivity index (χ1n) is 41.1. The lowest BCUT2D eigenvalue weighted by molar-refractivity contribution is -0.161. The quantitative estimate of drug-likeness (QED) is 0.0222. The van der Waals surface area contributed by atoms with Gasteiger partial charge < -0.3 is 33.8 Å². The Balaban J connectivity index is 5.25. The van der Waals surface area contributed by atoms with E-state index in [1.807, 2.05) is 0 Å². The number of phosphoric ester groups is 2. The van der Waals surface area contributed by atoms with Crippen LogP contribution in [0, 0.1) is 11.8 Å². The largest absolute Gasteiger partial charge is 0.472 e. The Kier molecular flexibility index (Phi) is 69.3. The van der Waals surface area contributed by atoms with Crippen LogP contribution < -0.4 is 0 Å². The summed E-state index contributed by atoms with van der Waals surface area (Å²) in [6.45, 7) is 9.64. The summed E-state index contributed by atoms with van der Waals surface area (Å²) in [6.07, 6.45) is 59.5. The molecular formula is C79H154O17P2. The van der Waals surface area contributed by atoms with Gasteiger partial charge in [-0.1, -0.05) is 363 Å². The maximum atomic E-state index is 13.1. The van der Waals surface area contributed by atoms with Gasteiger partial charge in [0.1, 0.15) is 19.3 Å². The summed E-state index contributed by atoms with van der Waals surface area (Å²) in [6, 6.07) is 0. The molecule has 0 heterocycles. The van der Waals surface area contributed by atoms with Crippen molar-refractivity contribution in [2.24, 2.45) is 11.8 Å². The fourth-order valence-corrected chi connectivity index (χ4v) is 13.7. The van der Waals surface area contributed by atoms with Crippen LogP contribution in [0.3, 0.4) is 0 Å². The van der Waals surface area contributed by atoms with Crippen molar-refractivity contribution in [2.45, 2.75) is 432 Å². The number of esters is 4. The summed E-state index contributed by atoms with van der Waals surface area (Å²) < 4.78 is 68.6. The third-order valence-electron chi connectivity index (χ3n) is 19.2. The monoisotopic (exact) mass is 1440 g/mol. The number of carbonyl (C=O) groups excluding carboxylic acids is 4. The SMILES string of the molecule is CCCCCCCCCCCCCCCCCCCC(=O)OC[C@H](COP(=O)(O)OC[C@@H](O)COP(=O)(O)OC[C@@H](COC(=O)CCCCCCCCC(C)CC)OC(=O)CCCCCCCCCCCCCCC)OC(=O)CCCCCCCCCCCCCCCCC(C)CC. The average Bonchev–Trinajstić information content (AvgIpc) is 1.14. The first-order valence-corrected chi connectivity index (χ1v) is 44.1. The van der Waals surface area contributed by atoms with Gasteiger partial charge >= 0.3 is 39.5 Å². The van der Waals surface area contributed by atoms with Crippen molar-refractivity contribution in [2.75, 3.05) is 39.6 Å². The smallest absolute Gasteiger partial charge is 0.462 e. The fourth-order valence-electron chi connectivity index (χ4n) is 12.1. The standard InChI is InChI=1S/C79H154O17P2/c1-7-11-13-15-17-19-21-23-24-25-26-31-34-38-42-49-55-61-76(81)89-67-74(95-78(83)64-58-52-44-40-36-32-28-27-30-33-37-41-47-53-59-71(5)9-3)69-93-97(85,86)91-65-73(80)66-92-98(87,88)94-70-75(68-90-77(82)62-56-50-46-45-48-54-60-72(6)10-4)96-79(84)63-57-51-43-39-35-29-22-20-18-16-14-12-8-2/h71-75,80H,7-70H2,1-6H3,(H,85,86)(H,87,88)/t71?,72?,73-,74-,75-/m1/s1. The van der Waals surface area contributed by atoms with Crippen LogP contribution in [-0.2, 0) is 65.4 Å². The molecule has 17 nitrogen and oxygen atoms in total. The average molecular weight is 1440 g/mol. The highest BCUT2D eigenvalue weighted by molar-refractivity contribution is 7.47. The molecule has 0 rings (SSSR count). The minimum Gasteiger partial charge on any atom is -0.462 e. The zero-order chi connectivity index (χ0) is 72.1. The van der Waals surface area contributed by atoms with Crippen LogP contribution in [0.4, 0.5) is 0 Å². The number of aliphatic hydroxyl groups is 1. The molecule has 7 atom stereocenters. The van der Waals surface area contributed by atoms with E-state index in [0.717, 1.165) is 108 Å². The molecule has 19 heteroatoms. The van der Waals surface area contributed by atoms with Crippen molar-refractivity contribution in [1.82, 2.24) is 0 Å². The molecule has 3 N–H and O–H groups in total. The van der Waals surface area contributed by atoms with Gasteiger partial charge in [0.25, 0.3) is 0 Å². The zero-order valence-corrected chi connectivity index (χ0v) is 65.9. The molecule has 0 radical (unpaired) electrons. The van der Waals surface area contributed by atoms with Crippen molar-refractivity contribution < 1.29 is 80.2 Å². The molecule has 0 aromatic heterocycles. The lowest BCUT2D eigenvalue weighted by atomic mass is 9.99. The normalized spacial score (nSPS) is 14.5. The van der Waals surface area contributed by atoms with Crippen LogP contribution in [0.25, 0.3) is 0 Å².